The SMILES string of the molecule is C#Cc1c(F)ccc2cc(O)cc(-c3c(F)c4nc(OCC5(CN6CC[C@@H](F)C6)CC(F)(F)C5)nc(N5C[C@H]6CC[C@@H](C5)N6)c4c4cn(C)nc34)c12. The minimum Gasteiger partial charge on any atom is -0.508 e. The van der Waals surface area contributed by atoms with Crippen LogP contribution in [0.25, 0.3) is 43.7 Å². The molecule has 2 aromatic heterocycles. The van der Waals surface area contributed by atoms with Crippen LogP contribution in [0.1, 0.15) is 37.7 Å². The van der Waals surface area contributed by atoms with Crippen molar-refractivity contribution in [3.8, 4) is 35.2 Å². The van der Waals surface area contributed by atoms with Crippen molar-refractivity contribution in [1.29, 1.82) is 0 Å². The van der Waals surface area contributed by atoms with Gasteiger partial charge in [0.25, 0.3) is 0 Å². The van der Waals surface area contributed by atoms with Crippen molar-refractivity contribution >= 4 is 38.4 Å². The van der Waals surface area contributed by atoms with Gasteiger partial charge >= 0.3 is 6.01 Å². The predicted octanol–water partition coefficient (Wildman–Crippen LogP) is 6.08. The highest BCUT2D eigenvalue weighted by Crippen LogP contribution is 2.53. The number of nitrogens with one attached hydrogen (secondary N) is 1. The van der Waals surface area contributed by atoms with E-state index in [2.05, 4.69) is 26.2 Å². The number of piperazine rings is 1. The standard InChI is InChI=1S/C38H36F5N7O2/c1-3-25-28(40)7-4-20-10-24(51)11-26(29(20)25)30-32(41)34-31(27-15-48(2)47-33(27)30)35(50-13-22-5-6-23(14-50)44-22)46-36(45-34)52-19-37(16-38(42,43)17-37)18-49-9-8-21(39)12-49/h1,4,7,10-11,15,21-23,44,51H,5-6,8-9,12-14,16-19H2,2H3/t21-,22-,23+/m1/s1. The van der Waals surface area contributed by atoms with Crippen molar-refractivity contribution < 1.29 is 31.8 Å². The maximum atomic E-state index is 17.5. The first-order valence-corrected chi connectivity index (χ1v) is 17.6. The zero-order valence-corrected chi connectivity index (χ0v) is 28.4. The maximum Gasteiger partial charge on any atom is 0.319 e. The fourth-order valence-electron chi connectivity index (χ4n) is 9.11. The van der Waals surface area contributed by atoms with Crippen LogP contribution in [0.4, 0.5) is 27.8 Å². The first kappa shape index (κ1) is 33.1. The number of likely N-dealkylation sites (tertiary alicyclic amines) is 1. The third kappa shape index (κ3) is 5.47. The molecule has 0 unspecified atom stereocenters. The molecule has 270 valence electrons. The first-order valence-electron chi connectivity index (χ1n) is 17.6. The van der Waals surface area contributed by atoms with Crippen molar-refractivity contribution in [3.63, 3.8) is 0 Å². The van der Waals surface area contributed by atoms with Crippen LogP contribution < -0.4 is 15.0 Å². The van der Waals surface area contributed by atoms with Crippen molar-refractivity contribution in [2.45, 2.75) is 56.3 Å². The Labute approximate surface area is 295 Å². The van der Waals surface area contributed by atoms with Crippen LogP contribution in [-0.2, 0) is 7.05 Å². The molecule has 3 aliphatic heterocycles. The molecule has 4 fully saturated rings. The Morgan fingerprint density at radius 2 is 1.81 bits per heavy atom. The van der Waals surface area contributed by atoms with Crippen LogP contribution in [0.3, 0.4) is 0 Å². The number of aryl methyl sites for hydroxylation is 1. The van der Waals surface area contributed by atoms with Crippen LogP contribution in [0.15, 0.2) is 30.5 Å². The molecule has 5 aromatic rings. The molecule has 0 amide bonds. The van der Waals surface area contributed by atoms with E-state index in [1.807, 2.05) is 4.90 Å². The number of aromatic nitrogens is 4. The van der Waals surface area contributed by atoms with Crippen molar-refractivity contribution in [2.24, 2.45) is 12.5 Å². The van der Waals surface area contributed by atoms with Crippen molar-refractivity contribution in [3.05, 3.63) is 47.7 Å². The molecule has 9 nitrogen and oxygen atoms in total. The lowest BCUT2D eigenvalue weighted by Gasteiger charge is -2.48. The number of rotatable bonds is 7. The van der Waals surface area contributed by atoms with Gasteiger partial charge in [-0.05, 0) is 48.4 Å². The zero-order valence-electron chi connectivity index (χ0n) is 28.4. The van der Waals surface area contributed by atoms with E-state index in [0.29, 0.717) is 48.0 Å². The molecule has 5 heterocycles. The maximum absolute atomic E-state index is 17.5. The first-order chi connectivity index (χ1) is 24.9. The van der Waals surface area contributed by atoms with E-state index >= 15 is 8.78 Å². The third-order valence-corrected chi connectivity index (χ3v) is 11.2. The van der Waals surface area contributed by atoms with Crippen LogP contribution >= 0.6 is 0 Å². The molecule has 2 bridgehead atoms. The van der Waals surface area contributed by atoms with E-state index in [1.54, 1.807) is 13.2 Å². The van der Waals surface area contributed by atoms with E-state index in [1.165, 1.54) is 28.9 Å². The minimum absolute atomic E-state index is 0.0491. The molecule has 9 rings (SSSR count). The highest BCUT2D eigenvalue weighted by Gasteiger charge is 2.58. The number of benzene rings is 3. The van der Waals surface area contributed by atoms with Gasteiger partial charge in [0, 0.05) is 92.6 Å². The fourth-order valence-corrected chi connectivity index (χ4v) is 9.11. The Morgan fingerprint density at radius 1 is 1.04 bits per heavy atom. The van der Waals surface area contributed by atoms with E-state index in [0.717, 1.165) is 12.8 Å². The summed E-state index contributed by atoms with van der Waals surface area (Å²) in [4.78, 5) is 13.4. The Balaban J connectivity index is 1.24. The molecular weight excluding hydrogens is 681 g/mol. The smallest absolute Gasteiger partial charge is 0.319 e. The van der Waals surface area contributed by atoms with E-state index in [9.17, 15) is 18.3 Å². The summed E-state index contributed by atoms with van der Waals surface area (Å²) in [6.07, 6.45) is 7.95. The Kier molecular flexibility index (Phi) is 7.58. The highest BCUT2D eigenvalue weighted by atomic mass is 19.3. The van der Waals surface area contributed by atoms with Gasteiger partial charge in [0.2, 0.25) is 5.92 Å². The van der Waals surface area contributed by atoms with Gasteiger partial charge in [0.05, 0.1) is 17.6 Å². The number of anilines is 1. The number of fused-ring (bicyclic) bond motifs is 6. The number of terminal acetylenes is 1. The molecule has 14 heteroatoms. The predicted molar refractivity (Wildman–Crippen MR) is 186 cm³/mol. The lowest BCUT2D eigenvalue weighted by Crippen LogP contribution is -2.55. The second kappa shape index (κ2) is 11.9. The fraction of sp³-hybridized carbons (Fsp3) is 0.447. The summed E-state index contributed by atoms with van der Waals surface area (Å²) in [6.45, 7) is 1.90. The summed E-state index contributed by atoms with van der Waals surface area (Å²) >= 11 is 0. The minimum atomic E-state index is -2.87. The van der Waals surface area contributed by atoms with Gasteiger partial charge in [-0.15, -0.1) is 6.42 Å². The van der Waals surface area contributed by atoms with E-state index in [-0.39, 0.29) is 76.7 Å². The lowest BCUT2D eigenvalue weighted by atomic mass is 9.66. The third-order valence-electron chi connectivity index (χ3n) is 11.2. The van der Waals surface area contributed by atoms with Gasteiger partial charge in [0.15, 0.2) is 5.82 Å². The molecule has 2 N–H and O–H groups in total. The van der Waals surface area contributed by atoms with E-state index < -0.39 is 42.0 Å². The van der Waals surface area contributed by atoms with Gasteiger partial charge < -0.3 is 20.1 Å². The molecule has 0 spiro atoms. The number of nitrogens with zero attached hydrogens (tertiary/aromatic N) is 6. The number of alkyl halides is 3. The molecule has 3 saturated heterocycles. The van der Waals surface area contributed by atoms with Gasteiger partial charge in [-0.3, -0.25) is 9.58 Å². The zero-order chi connectivity index (χ0) is 36.1. The summed E-state index contributed by atoms with van der Waals surface area (Å²) in [5, 5.41) is 20.6. The second-order valence-corrected chi connectivity index (χ2v) is 15.1. The van der Waals surface area contributed by atoms with Crippen LogP contribution in [0, 0.1) is 29.4 Å². The summed E-state index contributed by atoms with van der Waals surface area (Å²) < 4.78 is 83.3. The quantitative estimate of drug-likeness (QED) is 0.155. The molecule has 0 radical (unpaired) electrons. The molecular formula is C38H36F5N7O2. The van der Waals surface area contributed by atoms with Gasteiger partial charge in [0.1, 0.15) is 34.6 Å². The number of phenolic OH excluding ortho intramolecular Hbond substituents is 1. The molecule has 4 aliphatic rings. The lowest BCUT2D eigenvalue weighted by molar-refractivity contribution is -0.179. The number of aromatic hydroxyl groups is 1. The number of ether oxygens (including phenoxy) is 1. The van der Waals surface area contributed by atoms with Gasteiger partial charge in [-0.2, -0.15) is 15.1 Å². The monoisotopic (exact) mass is 717 g/mol. The Bertz CT molecular complexity index is 2300. The average molecular weight is 718 g/mol. The Morgan fingerprint density at radius 3 is 2.50 bits per heavy atom. The largest absolute Gasteiger partial charge is 0.508 e. The van der Waals surface area contributed by atoms with Crippen LogP contribution in [-0.4, -0.2) is 93.3 Å². The number of halogens is 5. The van der Waals surface area contributed by atoms with Gasteiger partial charge in [-0.1, -0.05) is 12.0 Å². The van der Waals surface area contributed by atoms with Crippen molar-refractivity contribution in [1.82, 2.24) is 30.0 Å². The second-order valence-electron chi connectivity index (χ2n) is 15.1. The molecule has 3 atom stereocenters. The summed E-state index contributed by atoms with van der Waals surface area (Å²) in [6, 6.07) is 5.61. The molecule has 1 aliphatic carbocycles. The van der Waals surface area contributed by atoms with Gasteiger partial charge in [-0.25, -0.2) is 22.0 Å². The molecule has 52 heavy (non-hydrogen) atoms. The summed E-state index contributed by atoms with van der Waals surface area (Å²) in [7, 11) is 1.70. The number of phenols is 1. The molecule has 3 aromatic carbocycles. The topological polar surface area (TPSA) is 91.6 Å². The molecule has 1 saturated carbocycles. The Hall–Kier alpha value is -4.74. The summed E-state index contributed by atoms with van der Waals surface area (Å²) in [5.41, 5.74) is -0.861. The number of hydrogen-bond donors (Lipinski definition) is 2. The van der Waals surface area contributed by atoms with Crippen LogP contribution in [0.2, 0.25) is 0 Å². The normalized spacial score (nSPS) is 23.8. The van der Waals surface area contributed by atoms with Crippen molar-refractivity contribution in [2.75, 3.05) is 44.2 Å². The average Bonchev–Trinajstić information content (AvgIpc) is 3.78. The number of hydrogen-bond acceptors (Lipinski definition) is 8. The summed E-state index contributed by atoms with van der Waals surface area (Å²) in [5.74, 6) is -1.75. The highest BCUT2D eigenvalue weighted by molar-refractivity contribution is 6.18. The van der Waals surface area contributed by atoms with E-state index in [4.69, 9.17) is 16.1 Å². The van der Waals surface area contributed by atoms with Crippen LogP contribution in [0.5, 0.6) is 11.8 Å².